The Morgan fingerprint density at radius 1 is 0.362 bits per heavy atom. The summed E-state index contributed by atoms with van der Waals surface area (Å²) in [6, 6.07) is 73.9. The highest BCUT2D eigenvalue weighted by molar-refractivity contribution is 7.25. The minimum absolute atomic E-state index is 0.628. The van der Waals surface area contributed by atoms with Gasteiger partial charge in [-0.25, -0.2) is 0 Å². The van der Waals surface area contributed by atoms with Gasteiger partial charge in [0, 0.05) is 48.4 Å². The summed E-state index contributed by atoms with van der Waals surface area (Å²) in [4.78, 5) is 2.44. The third-order valence-electron chi connectivity index (χ3n) is 12.6. The first-order valence-corrected chi connectivity index (χ1v) is 20.7. The van der Waals surface area contributed by atoms with Crippen molar-refractivity contribution in [3.8, 4) is 22.6 Å². The molecule has 2 nitrogen and oxygen atoms in total. The average molecular weight is 756 g/mol. The van der Waals surface area contributed by atoms with E-state index in [2.05, 4.69) is 205 Å². The first-order chi connectivity index (χ1) is 28.7. The number of fused-ring (bicyclic) bond motifs is 13. The van der Waals surface area contributed by atoms with Crippen LogP contribution in [0.25, 0.3) is 63.6 Å². The summed E-state index contributed by atoms with van der Waals surface area (Å²) in [6.07, 6.45) is 0. The Labute approximate surface area is 339 Å². The monoisotopic (exact) mass is 755 g/mol. The molecule has 1 atom stereocenters. The third-order valence-corrected chi connectivity index (χ3v) is 13.8. The number of nitrogens with zero attached hydrogens (tertiary/aromatic N) is 1. The number of hydrogen-bond donors (Lipinski definition) is 0. The highest BCUT2D eigenvalue weighted by Gasteiger charge is 2.49. The molecule has 13 rings (SSSR count). The molecule has 1 spiro atoms. The lowest BCUT2D eigenvalue weighted by molar-refractivity contribution is 0.435. The zero-order valence-electron chi connectivity index (χ0n) is 31.3. The molecule has 0 amide bonds. The van der Waals surface area contributed by atoms with Gasteiger partial charge in [0.15, 0.2) is 0 Å². The van der Waals surface area contributed by atoms with E-state index in [9.17, 15) is 0 Å². The maximum absolute atomic E-state index is 6.91. The van der Waals surface area contributed by atoms with Crippen LogP contribution in [0.3, 0.4) is 0 Å². The van der Waals surface area contributed by atoms with Crippen molar-refractivity contribution in [3.63, 3.8) is 0 Å². The van der Waals surface area contributed by atoms with Gasteiger partial charge in [0.2, 0.25) is 0 Å². The molecule has 3 heteroatoms. The zero-order valence-corrected chi connectivity index (χ0v) is 32.1. The molecular formula is C55H33NOS. The Balaban J connectivity index is 1.10. The number of hydrogen-bond acceptors (Lipinski definition) is 3. The molecule has 1 aliphatic carbocycles. The van der Waals surface area contributed by atoms with Crippen molar-refractivity contribution >= 4 is 80.9 Å². The molecule has 58 heavy (non-hydrogen) atoms. The van der Waals surface area contributed by atoms with Crippen LogP contribution in [-0.4, -0.2) is 0 Å². The maximum atomic E-state index is 6.91. The number of anilines is 3. The van der Waals surface area contributed by atoms with Gasteiger partial charge < -0.3 is 9.64 Å². The number of ether oxygens (including phenoxy) is 1. The van der Waals surface area contributed by atoms with Crippen LogP contribution in [0.4, 0.5) is 17.1 Å². The zero-order chi connectivity index (χ0) is 38.0. The Kier molecular flexibility index (Phi) is 6.56. The van der Waals surface area contributed by atoms with E-state index in [0.29, 0.717) is 0 Å². The molecule has 0 N–H and O–H groups in total. The lowest BCUT2D eigenvalue weighted by atomic mass is 9.58. The molecular weight excluding hydrogens is 723 g/mol. The highest BCUT2D eigenvalue weighted by Crippen LogP contribution is 2.61. The summed E-state index contributed by atoms with van der Waals surface area (Å²) in [5.41, 5.74) is 10.0. The SMILES string of the molecule is c1ccc2c(c1)Oc1ccc(N(c3ccc4ccccc4c3)c3ccc4c(c3)sc3cc5ccccc5cc34)cc1C21c2ccccc2-c2cccc3cccc1c23. The smallest absolute Gasteiger partial charge is 0.132 e. The van der Waals surface area contributed by atoms with Crippen LogP contribution >= 0.6 is 11.3 Å². The Morgan fingerprint density at radius 3 is 1.83 bits per heavy atom. The van der Waals surface area contributed by atoms with Crippen LogP contribution in [0, 0.1) is 0 Å². The summed E-state index contributed by atoms with van der Waals surface area (Å²) >= 11 is 1.87. The summed E-state index contributed by atoms with van der Waals surface area (Å²) in [5.74, 6) is 1.77. The minimum Gasteiger partial charge on any atom is -0.457 e. The van der Waals surface area contributed by atoms with Crippen molar-refractivity contribution < 1.29 is 4.74 Å². The molecule has 1 aromatic heterocycles. The van der Waals surface area contributed by atoms with Gasteiger partial charge in [-0.3, -0.25) is 0 Å². The van der Waals surface area contributed by atoms with E-state index in [1.54, 1.807) is 0 Å². The first kappa shape index (κ1) is 31.9. The molecule has 0 bridgehead atoms. The summed E-state index contributed by atoms with van der Waals surface area (Å²) in [7, 11) is 0. The van der Waals surface area contributed by atoms with Crippen LogP contribution in [0.5, 0.6) is 11.5 Å². The second-order valence-corrected chi connectivity index (χ2v) is 16.7. The molecule has 270 valence electrons. The van der Waals surface area contributed by atoms with Crippen LogP contribution < -0.4 is 9.64 Å². The van der Waals surface area contributed by atoms with E-state index < -0.39 is 5.41 Å². The van der Waals surface area contributed by atoms with Gasteiger partial charge in [-0.2, -0.15) is 0 Å². The van der Waals surface area contributed by atoms with Gasteiger partial charge in [0.25, 0.3) is 0 Å². The third kappa shape index (κ3) is 4.37. The molecule has 10 aromatic carbocycles. The topological polar surface area (TPSA) is 12.5 Å². The molecule has 1 unspecified atom stereocenters. The number of thiophene rings is 1. The Bertz CT molecular complexity index is 3520. The standard InChI is InChI=1S/C55H33NOS/c1-2-12-36-29-39(24-23-34(36)11-1)56(41-25-27-43-45-30-37-13-3-4-14-38(37)31-52(45)58-53(43)33-41)40-26-28-51-49(32-40)55(47-20-7-8-22-50(47)57-51)46-19-6-5-17-42(46)44-18-9-15-35-16-10-21-48(55)54(35)44/h1-33H. The van der Waals surface area contributed by atoms with Gasteiger partial charge in [-0.15, -0.1) is 11.3 Å². The van der Waals surface area contributed by atoms with Crippen LogP contribution in [0.2, 0.25) is 0 Å². The maximum Gasteiger partial charge on any atom is 0.132 e. The van der Waals surface area contributed by atoms with Crippen molar-refractivity contribution in [3.05, 3.63) is 222 Å². The molecule has 11 aromatic rings. The van der Waals surface area contributed by atoms with Crippen LogP contribution in [0.1, 0.15) is 22.3 Å². The Morgan fingerprint density at radius 2 is 0.948 bits per heavy atom. The van der Waals surface area contributed by atoms with Gasteiger partial charge >= 0.3 is 0 Å². The largest absolute Gasteiger partial charge is 0.457 e. The van der Waals surface area contributed by atoms with Gasteiger partial charge in [-0.1, -0.05) is 140 Å². The van der Waals surface area contributed by atoms with Crippen molar-refractivity contribution in [2.45, 2.75) is 5.41 Å². The molecule has 0 fully saturated rings. The summed E-state index contributed by atoms with van der Waals surface area (Å²) < 4.78 is 9.49. The van der Waals surface area contributed by atoms with Crippen LogP contribution in [0.15, 0.2) is 200 Å². The predicted molar refractivity (Wildman–Crippen MR) is 244 cm³/mol. The number of rotatable bonds is 3. The average Bonchev–Trinajstić information content (AvgIpc) is 3.63. The van der Waals surface area contributed by atoms with E-state index in [-0.39, 0.29) is 0 Å². The summed E-state index contributed by atoms with van der Waals surface area (Å²) in [6.45, 7) is 0. The number of para-hydroxylation sites is 1. The molecule has 2 heterocycles. The molecule has 0 saturated carbocycles. The molecule has 2 aliphatic rings. The van der Waals surface area contributed by atoms with E-state index in [4.69, 9.17) is 4.74 Å². The van der Waals surface area contributed by atoms with Crippen molar-refractivity contribution in [2.75, 3.05) is 4.90 Å². The predicted octanol–water partition coefficient (Wildman–Crippen LogP) is 15.5. The van der Waals surface area contributed by atoms with Gasteiger partial charge in [0.05, 0.1) is 5.41 Å². The molecule has 0 saturated heterocycles. The highest BCUT2D eigenvalue weighted by atomic mass is 32.1. The van der Waals surface area contributed by atoms with E-state index in [1.807, 2.05) is 11.3 Å². The second kappa shape index (κ2) is 11.9. The first-order valence-electron chi connectivity index (χ1n) is 19.9. The van der Waals surface area contributed by atoms with Gasteiger partial charge in [0.1, 0.15) is 11.5 Å². The van der Waals surface area contributed by atoms with Gasteiger partial charge in [-0.05, 0) is 115 Å². The molecule has 1 aliphatic heterocycles. The molecule has 0 radical (unpaired) electrons. The fourth-order valence-electron chi connectivity index (χ4n) is 10.2. The fourth-order valence-corrected chi connectivity index (χ4v) is 11.3. The quantitative estimate of drug-likeness (QED) is 0.178. The lowest BCUT2D eigenvalue weighted by Gasteiger charge is -2.45. The number of benzene rings is 10. The minimum atomic E-state index is -0.628. The van der Waals surface area contributed by atoms with E-state index >= 15 is 0 Å². The normalized spacial score (nSPS) is 15.1. The summed E-state index contributed by atoms with van der Waals surface area (Å²) in [5, 5.41) is 10.1. The van der Waals surface area contributed by atoms with Crippen molar-refractivity contribution in [1.29, 1.82) is 0 Å². The van der Waals surface area contributed by atoms with Crippen LogP contribution in [-0.2, 0) is 5.41 Å². The van der Waals surface area contributed by atoms with E-state index in [0.717, 1.165) is 39.7 Å². The van der Waals surface area contributed by atoms with E-state index in [1.165, 1.54) is 74.7 Å². The second-order valence-electron chi connectivity index (χ2n) is 15.6. The Hall–Kier alpha value is -7.20. The van der Waals surface area contributed by atoms with Crippen molar-refractivity contribution in [1.82, 2.24) is 0 Å². The lowest BCUT2D eigenvalue weighted by Crippen LogP contribution is -2.36. The van der Waals surface area contributed by atoms with Crippen molar-refractivity contribution in [2.24, 2.45) is 0 Å². The fraction of sp³-hybridized carbons (Fsp3) is 0.0182.